The third-order valence-electron chi connectivity index (χ3n) is 4.27. The minimum atomic E-state index is 0.426. The van der Waals surface area contributed by atoms with Crippen LogP contribution in [0.4, 0.5) is 5.69 Å². The van der Waals surface area contributed by atoms with E-state index >= 15 is 0 Å². The number of rotatable bonds is 3. The van der Waals surface area contributed by atoms with E-state index in [9.17, 15) is 0 Å². The lowest BCUT2D eigenvalue weighted by atomic mass is 10.1. The van der Waals surface area contributed by atoms with E-state index < -0.39 is 0 Å². The summed E-state index contributed by atoms with van der Waals surface area (Å²) in [7, 11) is 1.76. The highest BCUT2D eigenvalue weighted by Crippen LogP contribution is 2.42. The maximum absolute atomic E-state index is 5.23. The second kappa shape index (κ2) is 7.23. The van der Waals surface area contributed by atoms with Crippen LogP contribution in [0.2, 0.25) is 0 Å². The first-order valence-corrected chi connectivity index (χ1v) is 9.81. The van der Waals surface area contributed by atoms with Gasteiger partial charge < -0.3 is 15.0 Å². The van der Waals surface area contributed by atoms with E-state index in [2.05, 4.69) is 33.4 Å². The molecule has 1 saturated heterocycles. The Balaban J connectivity index is 1.67. The molecular weight excluding hydrogens is 340 g/mol. The molecule has 3 heterocycles. The van der Waals surface area contributed by atoms with Crippen LogP contribution in [0.25, 0.3) is 0 Å². The van der Waals surface area contributed by atoms with Gasteiger partial charge in [-0.15, -0.1) is 11.3 Å². The SMILES string of the molecule is COCCC1CN(C2=Nc3ccccc3Sc3scnc32)CCN1. The number of methoxy groups -OCH3 is 1. The summed E-state index contributed by atoms with van der Waals surface area (Å²) in [4.78, 5) is 13.2. The Morgan fingerprint density at radius 1 is 1.38 bits per heavy atom. The molecule has 7 heteroatoms. The number of piperazine rings is 1. The van der Waals surface area contributed by atoms with Gasteiger partial charge in [-0.05, 0) is 18.6 Å². The normalized spacial score (nSPS) is 20.1. The molecule has 1 aromatic heterocycles. The molecule has 126 valence electrons. The van der Waals surface area contributed by atoms with Gasteiger partial charge >= 0.3 is 0 Å². The fourth-order valence-corrected chi connectivity index (χ4v) is 4.96. The van der Waals surface area contributed by atoms with Crippen LogP contribution in [0, 0.1) is 0 Å². The van der Waals surface area contributed by atoms with E-state index in [4.69, 9.17) is 9.73 Å². The monoisotopic (exact) mass is 360 g/mol. The molecule has 0 aliphatic carbocycles. The lowest BCUT2D eigenvalue weighted by Gasteiger charge is -2.35. The Morgan fingerprint density at radius 3 is 3.21 bits per heavy atom. The fraction of sp³-hybridized carbons (Fsp3) is 0.412. The van der Waals surface area contributed by atoms with Gasteiger partial charge in [0.25, 0.3) is 0 Å². The summed E-state index contributed by atoms with van der Waals surface area (Å²) in [6.07, 6.45) is 1.01. The minimum absolute atomic E-state index is 0.426. The number of hydrogen-bond donors (Lipinski definition) is 1. The van der Waals surface area contributed by atoms with Crippen molar-refractivity contribution >= 4 is 34.6 Å². The third-order valence-corrected chi connectivity index (χ3v) is 6.37. The maximum atomic E-state index is 5.23. The summed E-state index contributed by atoms with van der Waals surface area (Å²) in [5, 5.41) is 3.58. The van der Waals surface area contributed by atoms with Crippen molar-refractivity contribution in [3.8, 4) is 0 Å². The number of fused-ring (bicyclic) bond motifs is 2. The molecule has 0 radical (unpaired) electrons. The number of thiazole rings is 1. The summed E-state index contributed by atoms with van der Waals surface area (Å²) in [6.45, 7) is 3.62. The molecule has 1 unspecified atom stereocenters. The average molecular weight is 361 g/mol. The molecule has 0 saturated carbocycles. The molecule has 0 bridgehead atoms. The molecular formula is C17H20N4OS2. The lowest BCUT2D eigenvalue weighted by Crippen LogP contribution is -2.53. The number of aromatic nitrogens is 1. The van der Waals surface area contributed by atoms with Crippen molar-refractivity contribution in [1.82, 2.24) is 15.2 Å². The summed E-state index contributed by atoms with van der Waals surface area (Å²) in [6, 6.07) is 8.76. The van der Waals surface area contributed by atoms with Crippen LogP contribution < -0.4 is 5.32 Å². The maximum Gasteiger partial charge on any atom is 0.157 e. The minimum Gasteiger partial charge on any atom is -0.385 e. The fourth-order valence-electron chi connectivity index (χ4n) is 3.05. The van der Waals surface area contributed by atoms with E-state index in [1.165, 1.54) is 9.10 Å². The zero-order valence-corrected chi connectivity index (χ0v) is 15.2. The molecule has 1 atom stereocenters. The number of benzene rings is 1. The molecule has 5 nitrogen and oxygen atoms in total. The average Bonchev–Trinajstić information content (AvgIpc) is 3.01. The van der Waals surface area contributed by atoms with Gasteiger partial charge in [-0.3, -0.25) is 0 Å². The van der Waals surface area contributed by atoms with Gasteiger partial charge in [0.2, 0.25) is 0 Å². The van der Waals surface area contributed by atoms with Crippen molar-refractivity contribution in [2.75, 3.05) is 33.4 Å². The van der Waals surface area contributed by atoms with E-state index in [1.807, 2.05) is 11.6 Å². The van der Waals surface area contributed by atoms with Gasteiger partial charge in [0, 0.05) is 44.3 Å². The Morgan fingerprint density at radius 2 is 2.29 bits per heavy atom. The smallest absolute Gasteiger partial charge is 0.157 e. The van der Waals surface area contributed by atoms with Crippen LogP contribution in [0.1, 0.15) is 12.1 Å². The molecule has 1 fully saturated rings. The van der Waals surface area contributed by atoms with E-state index in [0.717, 1.165) is 49.9 Å². The number of para-hydroxylation sites is 1. The van der Waals surface area contributed by atoms with E-state index in [0.29, 0.717) is 6.04 Å². The number of amidine groups is 1. The van der Waals surface area contributed by atoms with Crippen LogP contribution in [-0.2, 0) is 4.74 Å². The standard InChI is InChI=1S/C17H20N4OS2/c1-22-9-6-12-10-21(8-7-18-12)16-15-17(23-11-19-15)24-14-5-3-2-4-13(14)20-16/h2-5,11-12,18H,6-10H2,1H3. The van der Waals surface area contributed by atoms with Crippen LogP contribution in [0.5, 0.6) is 0 Å². The first-order chi connectivity index (χ1) is 11.8. The van der Waals surface area contributed by atoms with Crippen molar-refractivity contribution < 1.29 is 4.74 Å². The van der Waals surface area contributed by atoms with Crippen LogP contribution >= 0.6 is 23.1 Å². The highest BCUT2D eigenvalue weighted by Gasteiger charge is 2.28. The van der Waals surface area contributed by atoms with Gasteiger partial charge in [-0.25, -0.2) is 9.98 Å². The Labute approximate surface area is 150 Å². The van der Waals surface area contributed by atoms with Gasteiger partial charge in [0.15, 0.2) is 5.84 Å². The zero-order chi connectivity index (χ0) is 16.4. The number of aliphatic imine (C=N–C) groups is 1. The molecule has 2 aliphatic heterocycles. The van der Waals surface area contributed by atoms with Crippen molar-refractivity contribution in [3.63, 3.8) is 0 Å². The van der Waals surface area contributed by atoms with Gasteiger partial charge in [0.1, 0.15) is 5.69 Å². The summed E-state index contributed by atoms with van der Waals surface area (Å²) in [5.41, 5.74) is 3.98. The third kappa shape index (κ3) is 3.21. The predicted molar refractivity (Wildman–Crippen MR) is 98.7 cm³/mol. The second-order valence-electron chi connectivity index (χ2n) is 5.87. The Bertz CT molecular complexity index is 746. The van der Waals surface area contributed by atoms with Gasteiger partial charge in [-0.2, -0.15) is 0 Å². The summed E-state index contributed by atoms with van der Waals surface area (Å²) < 4.78 is 6.46. The largest absolute Gasteiger partial charge is 0.385 e. The highest BCUT2D eigenvalue weighted by molar-refractivity contribution is 8.01. The molecule has 0 amide bonds. The zero-order valence-electron chi connectivity index (χ0n) is 13.6. The molecule has 24 heavy (non-hydrogen) atoms. The quantitative estimate of drug-likeness (QED) is 0.912. The Hall–Kier alpha value is -1.41. The topological polar surface area (TPSA) is 49.8 Å². The summed E-state index contributed by atoms with van der Waals surface area (Å²) >= 11 is 3.47. The Kier molecular flexibility index (Phi) is 4.84. The van der Waals surface area contributed by atoms with Gasteiger partial charge in [0.05, 0.1) is 15.4 Å². The first kappa shape index (κ1) is 16.1. The second-order valence-corrected chi connectivity index (χ2v) is 8.04. The predicted octanol–water partition coefficient (Wildman–Crippen LogP) is 3.00. The lowest BCUT2D eigenvalue weighted by molar-refractivity contribution is 0.168. The molecule has 0 spiro atoms. The highest BCUT2D eigenvalue weighted by atomic mass is 32.2. The van der Waals surface area contributed by atoms with Crippen molar-refractivity contribution in [3.05, 3.63) is 35.5 Å². The van der Waals surface area contributed by atoms with Crippen molar-refractivity contribution in [1.29, 1.82) is 0 Å². The molecule has 2 aliphatic rings. The number of hydrogen-bond acceptors (Lipinski definition) is 7. The molecule has 1 aromatic carbocycles. The van der Waals surface area contributed by atoms with Crippen LogP contribution in [0.3, 0.4) is 0 Å². The first-order valence-electron chi connectivity index (χ1n) is 8.12. The molecule has 4 rings (SSSR count). The molecule has 2 aromatic rings. The van der Waals surface area contributed by atoms with E-state index in [-0.39, 0.29) is 0 Å². The van der Waals surface area contributed by atoms with Gasteiger partial charge in [-0.1, -0.05) is 23.9 Å². The number of nitrogens with one attached hydrogen (secondary N) is 1. The number of ether oxygens (including phenoxy) is 1. The summed E-state index contributed by atoms with van der Waals surface area (Å²) in [5.74, 6) is 1.01. The van der Waals surface area contributed by atoms with Crippen molar-refractivity contribution in [2.24, 2.45) is 4.99 Å². The van der Waals surface area contributed by atoms with Crippen LogP contribution in [0.15, 0.2) is 43.9 Å². The van der Waals surface area contributed by atoms with Crippen molar-refractivity contribution in [2.45, 2.75) is 21.6 Å². The number of nitrogens with zero attached hydrogens (tertiary/aromatic N) is 3. The van der Waals surface area contributed by atoms with E-state index in [1.54, 1.807) is 30.2 Å². The van der Waals surface area contributed by atoms with Crippen LogP contribution in [-0.4, -0.2) is 55.1 Å². The molecule has 1 N–H and O–H groups in total.